The number of anilines is 1. The van der Waals surface area contributed by atoms with E-state index in [0.717, 1.165) is 0 Å². The van der Waals surface area contributed by atoms with Crippen molar-refractivity contribution in [2.24, 2.45) is 5.10 Å². The predicted molar refractivity (Wildman–Crippen MR) is 111 cm³/mol. The number of hydrogen-bond acceptors (Lipinski definition) is 5. The van der Waals surface area contributed by atoms with Crippen molar-refractivity contribution in [1.29, 1.82) is 0 Å². The van der Waals surface area contributed by atoms with Crippen LogP contribution in [-0.4, -0.2) is 32.9 Å². The molecule has 0 atom stereocenters. The van der Waals surface area contributed by atoms with Gasteiger partial charge in [-0.25, -0.2) is 0 Å². The Morgan fingerprint density at radius 3 is 2.14 bits per heavy atom. The van der Waals surface area contributed by atoms with Gasteiger partial charge in [0, 0.05) is 0 Å². The molecule has 0 saturated carbocycles. The average molecular weight is 421 g/mol. The zero-order chi connectivity index (χ0) is 20.4. The summed E-state index contributed by atoms with van der Waals surface area (Å²) in [6.07, 6.45) is 1.73. The molecular formula is C20H18Cl2N2O4. The monoisotopic (exact) mass is 420 g/mol. The van der Waals surface area contributed by atoms with Crippen molar-refractivity contribution in [3.8, 4) is 17.2 Å². The lowest BCUT2D eigenvalue weighted by molar-refractivity contribution is -0.114. The summed E-state index contributed by atoms with van der Waals surface area (Å²) in [6.45, 7) is 1.76. The number of rotatable bonds is 5. The van der Waals surface area contributed by atoms with Crippen LogP contribution >= 0.6 is 23.2 Å². The second-order valence-electron chi connectivity index (χ2n) is 5.92. The summed E-state index contributed by atoms with van der Waals surface area (Å²) in [7, 11) is 4.60. The third-order valence-corrected chi connectivity index (χ3v) is 4.95. The van der Waals surface area contributed by atoms with Crippen LogP contribution in [0.15, 0.2) is 41.0 Å². The van der Waals surface area contributed by atoms with Crippen LogP contribution in [0.25, 0.3) is 6.08 Å². The molecular weight excluding hydrogens is 403 g/mol. The number of halogens is 2. The summed E-state index contributed by atoms with van der Waals surface area (Å²) in [4.78, 5) is 12.9. The van der Waals surface area contributed by atoms with E-state index in [1.54, 1.807) is 43.3 Å². The van der Waals surface area contributed by atoms with Gasteiger partial charge in [-0.1, -0.05) is 23.2 Å². The highest BCUT2D eigenvalue weighted by molar-refractivity contribution is 6.42. The quantitative estimate of drug-likeness (QED) is 0.650. The molecule has 1 amide bonds. The van der Waals surface area contributed by atoms with Gasteiger partial charge in [0.25, 0.3) is 5.91 Å². The number of amides is 1. The molecule has 3 rings (SSSR count). The van der Waals surface area contributed by atoms with Crippen LogP contribution in [0.2, 0.25) is 10.0 Å². The van der Waals surface area contributed by atoms with Gasteiger partial charge in [-0.15, -0.1) is 0 Å². The van der Waals surface area contributed by atoms with Gasteiger partial charge in [0.1, 0.15) is 0 Å². The fourth-order valence-corrected chi connectivity index (χ4v) is 3.12. The molecule has 0 spiro atoms. The van der Waals surface area contributed by atoms with Crippen molar-refractivity contribution < 1.29 is 19.0 Å². The van der Waals surface area contributed by atoms with Gasteiger partial charge in [0.2, 0.25) is 5.75 Å². The average Bonchev–Trinajstić information content (AvgIpc) is 2.97. The number of hydrazone groups is 1. The minimum absolute atomic E-state index is 0.273. The molecule has 2 aromatic carbocycles. The minimum atomic E-state index is -0.273. The smallest absolute Gasteiger partial charge is 0.280 e. The fraction of sp³-hybridized carbons (Fsp3) is 0.200. The molecule has 6 nitrogen and oxygen atoms in total. The highest BCUT2D eigenvalue weighted by Gasteiger charge is 2.29. The van der Waals surface area contributed by atoms with Crippen LogP contribution in [-0.2, 0) is 4.79 Å². The first-order valence-electron chi connectivity index (χ1n) is 8.26. The molecule has 0 N–H and O–H groups in total. The van der Waals surface area contributed by atoms with E-state index < -0.39 is 0 Å². The van der Waals surface area contributed by atoms with E-state index in [2.05, 4.69) is 5.10 Å². The van der Waals surface area contributed by atoms with Gasteiger partial charge in [-0.3, -0.25) is 4.79 Å². The summed E-state index contributed by atoms with van der Waals surface area (Å²) in [5.41, 5.74) is 2.26. The zero-order valence-electron chi connectivity index (χ0n) is 15.7. The van der Waals surface area contributed by atoms with Gasteiger partial charge < -0.3 is 14.2 Å². The lowest BCUT2D eigenvalue weighted by atomic mass is 10.1. The third-order valence-electron chi connectivity index (χ3n) is 4.21. The standard InChI is InChI=1S/C20H18Cl2N2O4/c1-11-14(7-12-8-17(26-2)19(28-4)18(9-12)27-3)20(25)24(23-11)13-5-6-15(21)16(22)10-13/h5-10H,1-4H3. The molecule has 0 unspecified atom stereocenters. The maximum atomic E-state index is 12.9. The third kappa shape index (κ3) is 3.66. The van der Waals surface area contributed by atoms with Crippen LogP contribution < -0.4 is 19.2 Å². The molecule has 0 aliphatic carbocycles. The van der Waals surface area contributed by atoms with E-state index in [9.17, 15) is 4.79 Å². The Labute approximate surface area is 172 Å². The summed E-state index contributed by atoms with van der Waals surface area (Å²) >= 11 is 12.0. The fourth-order valence-electron chi connectivity index (χ4n) is 2.83. The summed E-state index contributed by atoms with van der Waals surface area (Å²) in [6, 6.07) is 8.43. The zero-order valence-corrected chi connectivity index (χ0v) is 17.3. The van der Waals surface area contributed by atoms with Crippen molar-refractivity contribution in [2.45, 2.75) is 6.92 Å². The Morgan fingerprint density at radius 2 is 1.61 bits per heavy atom. The SMILES string of the molecule is COc1cc(C=C2C(=O)N(c3ccc(Cl)c(Cl)c3)N=C2C)cc(OC)c1OC. The first kappa shape index (κ1) is 20.0. The molecule has 28 heavy (non-hydrogen) atoms. The van der Waals surface area contributed by atoms with Gasteiger partial charge >= 0.3 is 0 Å². The van der Waals surface area contributed by atoms with Crippen LogP contribution in [0, 0.1) is 0 Å². The molecule has 146 valence electrons. The molecule has 0 fully saturated rings. The molecule has 2 aromatic rings. The number of hydrogen-bond donors (Lipinski definition) is 0. The van der Waals surface area contributed by atoms with Crippen LogP contribution in [0.4, 0.5) is 5.69 Å². The van der Waals surface area contributed by atoms with Crippen molar-refractivity contribution in [1.82, 2.24) is 0 Å². The topological polar surface area (TPSA) is 60.4 Å². The van der Waals surface area contributed by atoms with Crippen molar-refractivity contribution in [3.05, 3.63) is 51.5 Å². The Kier molecular flexibility index (Phi) is 5.82. The molecule has 1 aliphatic heterocycles. The van der Waals surface area contributed by atoms with E-state index in [0.29, 0.717) is 49.8 Å². The summed E-state index contributed by atoms with van der Waals surface area (Å²) < 4.78 is 16.1. The maximum absolute atomic E-state index is 12.9. The van der Waals surface area contributed by atoms with Gasteiger partial charge in [-0.05, 0) is 48.9 Å². The number of nitrogens with zero attached hydrogens (tertiary/aromatic N) is 2. The Morgan fingerprint density at radius 1 is 0.964 bits per heavy atom. The van der Waals surface area contributed by atoms with E-state index in [1.807, 2.05) is 0 Å². The van der Waals surface area contributed by atoms with E-state index in [1.165, 1.54) is 26.3 Å². The Hall–Kier alpha value is -2.70. The second kappa shape index (κ2) is 8.12. The number of methoxy groups -OCH3 is 3. The minimum Gasteiger partial charge on any atom is -0.493 e. The summed E-state index contributed by atoms with van der Waals surface area (Å²) in [5.74, 6) is 1.20. The lowest BCUT2D eigenvalue weighted by Gasteiger charge is -2.14. The van der Waals surface area contributed by atoms with Crippen molar-refractivity contribution in [2.75, 3.05) is 26.3 Å². The van der Waals surface area contributed by atoms with E-state index in [-0.39, 0.29) is 5.91 Å². The molecule has 1 heterocycles. The van der Waals surface area contributed by atoms with Crippen LogP contribution in [0.1, 0.15) is 12.5 Å². The first-order valence-corrected chi connectivity index (χ1v) is 9.02. The normalized spacial score (nSPS) is 15.1. The largest absolute Gasteiger partial charge is 0.493 e. The van der Waals surface area contributed by atoms with E-state index in [4.69, 9.17) is 37.4 Å². The number of benzene rings is 2. The van der Waals surface area contributed by atoms with Gasteiger partial charge in [0.05, 0.1) is 48.3 Å². The molecule has 0 saturated heterocycles. The molecule has 1 aliphatic rings. The maximum Gasteiger partial charge on any atom is 0.280 e. The second-order valence-corrected chi connectivity index (χ2v) is 6.73. The molecule has 0 radical (unpaired) electrons. The molecule has 0 bridgehead atoms. The highest BCUT2D eigenvalue weighted by Crippen LogP contribution is 2.39. The molecule has 0 aromatic heterocycles. The number of carbonyl (C=O) groups is 1. The van der Waals surface area contributed by atoms with Crippen molar-refractivity contribution >= 4 is 46.6 Å². The predicted octanol–water partition coefficient (Wildman–Crippen LogP) is 4.83. The van der Waals surface area contributed by atoms with E-state index >= 15 is 0 Å². The summed E-state index contributed by atoms with van der Waals surface area (Å²) in [5, 5.41) is 6.40. The number of ether oxygens (including phenoxy) is 3. The Balaban J connectivity index is 2.00. The molecule has 8 heteroatoms. The lowest BCUT2D eigenvalue weighted by Crippen LogP contribution is -2.21. The van der Waals surface area contributed by atoms with Crippen LogP contribution in [0.3, 0.4) is 0 Å². The van der Waals surface area contributed by atoms with Gasteiger partial charge in [-0.2, -0.15) is 10.1 Å². The number of carbonyl (C=O) groups excluding carboxylic acids is 1. The van der Waals surface area contributed by atoms with Crippen LogP contribution in [0.5, 0.6) is 17.2 Å². The Bertz CT molecular complexity index is 977. The van der Waals surface area contributed by atoms with Crippen molar-refractivity contribution in [3.63, 3.8) is 0 Å². The van der Waals surface area contributed by atoms with Gasteiger partial charge in [0.15, 0.2) is 11.5 Å². The first-order chi connectivity index (χ1) is 13.4. The highest BCUT2D eigenvalue weighted by atomic mass is 35.5.